The van der Waals surface area contributed by atoms with Gasteiger partial charge in [0.15, 0.2) is 0 Å². The van der Waals surface area contributed by atoms with Crippen LogP contribution < -0.4 is 5.32 Å². The monoisotopic (exact) mass is 256 g/mol. The van der Waals surface area contributed by atoms with Crippen LogP contribution in [0.25, 0.3) is 0 Å². The molecule has 0 bridgehead atoms. The first-order valence-electron chi connectivity index (χ1n) is 6.57. The maximum atomic E-state index is 11.7. The largest absolute Gasteiger partial charge is 0.388 e. The van der Waals surface area contributed by atoms with E-state index < -0.39 is 5.60 Å². The number of carbonyl (C=O) groups is 2. The number of nitrogens with one attached hydrogen (secondary N) is 1. The summed E-state index contributed by atoms with van der Waals surface area (Å²) in [7, 11) is 0. The van der Waals surface area contributed by atoms with Gasteiger partial charge in [0.25, 0.3) is 0 Å². The minimum atomic E-state index is -0.890. The highest BCUT2D eigenvalue weighted by molar-refractivity contribution is 5.85. The van der Waals surface area contributed by atoms with E-state index in [4.69, 9.17) is 0 Å². The van der Waals surface area contributed by atoms with Crippen molar-refractivity contribution < 1.29 is 14.7 Å². The van der Waals surface area contributed by atoms with Crippen LogP contribution in [-0.2, 0) is 9.59 Å². The van der Waals surface area contributed by atoms with E-state index in [0.717, 1.165) is 6.42 Å². The molecule has 1 aliphatic rings. The van der Waals surface area contributed by atoms with E-state index in [0.29, 0.717) is 25.3 Å². The smallest absolute Gasteiger partial charge is 0.239 e. The zero-order chi connectivity index (χ0) is 13.8. The van der Waals surface area contributed by atoms with Crippen LogP contribution in [0.15, 0.2) is 0 Å². The predicted octanol–water partition coefficient (Wildman–Crippen LogP) is 0.522. The van der Waals surface area contributed by atoms with Crippen molar-refractivity contribution in [1.82, 2.24) is 10.2 Å². The highest BCUT2D eigenvalue weighted by Crippen LogP contribution is 2.15. The molecule has 1 rings (SSSR count). The SMILES string of the molecule is CC(C)CC(C)(O)CNC(=O)CN1CCCC1=O. The Balaban J connectivity index is 2.30. The van der Waals surface area contributed by atoms with Gasteiger partial charge in [0, 0.05) is 19.5 Å². The number of likely N-dealkylation sites (tertiary alicyclic amines) is 1. The fraction of sp³-hybridized carbons (Fsp3) is 0.846. The Hall–Kier alpha value is -1.10. The molecule has 5 nitrogen and oxygen atoms in total. The van der Waals surface area contributed by atoms with Crippen LogP contribution in [-0.4, -0.2) is 47.1 Å². The lowest BCUT2D eigenvalue weighted by Gasteiger charge is -2.26. The van der Waals surface area contributed by atoms with E-state index in [1.807, 2.05) is 13.8 Å². The first-order chi connectivity index (χ1) is 8.30. The lowest BCUT2D eigenvalue weighted by atomic mass is 9.94. The van der Waals surface area contributed by atoms with Crippen molar-refractivity contribution in [2.24, 2.45) is 5.92 Å². The maximum absolute atomic E-state index is 11.7. The number of hydrogen-bond donors (Lipinski definition) is 2. The molecule has 2 N–H and O–H groups in total. The zero-order valence-corrected chi connectivity index (χ0v) is 11.5. The Morgan fingerprint density at radius 2 is 2.22 bits per heavy atom. The van der Waals surface area contributed by atoms with Gasteiger partial charge >= 0.3 is 0 Å². The summed E-state index contributed by atoms with van der Waals surface area (Å²) >= 11 is 0. The van der Waals surface area contributed by atoms with Crippen molar-refractivity contribution >= 4 is 11.8 Å². The van der Waals surface area contributed by atoms with Gasteiger partial charge in [-0.25, -0.2) is 0 Å². The van der Waals surface area contributed by atoms with Gasteiger partial charge in [-0.15, -0.1) is 0 Å². The topological polar surface area (TPSA) is 69.6 Å². The third-order valence-electron chi connectivity index (χ3n) is 3.02. The van der Waals surface area contributed by atoms with Crippen molar-refractivity contribution in [3.63, 3.8) is 0 Å². The lowest BCUT2D eigenvalue weighted by Crippen LogP contribution is -2.45. The molecule has 0 radical (unpaired) electrons. The molecular formula is C13H24N2O3. The molecule has 0 aliphatic carbocycles. The molecule has 0 saturated carbocycles. The summed E-state index contributed by atoms with van der Waals surface area (Å²) < 4.78 is 0. The van der Waals surface area contributed by atoms with E-state index >= 15 is 0 Å². The third kappa shape index (κ3) is 5.04. The Kier molecular flexibility index (Phi) is 5.14. The van der Waals surface area contributed by atoms with Gasteiger partial charge in [0.05, 0.1) is 12.1 Å². The summed E-state index contributed by atoms with van der Waals surface area (Å²) in [6, 6.07) is 0. The Morgan fingerprint density at radius 1 is 1.56 bits per heavy atom. The Morgan fingerprint density at radius 3 is 2.72 bits per heavy atom. The second-order valence-corrected chi connectivity index (χ2v) is 5.79. The van der Waals surface area contributed by atoms with Gasteiger partial charge in [0.1, 0.15) is 0 Å². The molecule has 1 fully saturated rings. The molecule has 0 spiro atoms. The van der Waals surface area contributed by atoms with Crippen LogP contribution in [0.3, 0.4) is 0 Å². The average Bonchev–Trinajstić information content (AvgIpc) is 2.60. The molecule has 1 aliphatic heterocycles. The summed E-state index contributed by atoms with van der Waals surface area (Å²) in [5.41, 5.74) is -0.890. The average molecular weight is 256 g/mol. The second-order valence-electron chi connectivity index (χ2n) is 5.79. The van der Waals surface area contributed by atoms with E-state index in [-0.39, 0.29) is 24.9 Å². The fourth-order valence-electron chi connectivity index (χ4n) is 2.34. The summed E-state index contributed by atoms with van der Waals surface area (Å²) in [5, 5.41) is 12.7. The van der Waals surface area contributed by atoms with Gasteiger partial charge in [0.2, 0.25) is 11.8 Å². The van der Waals surface area contributed by atoms with Crippen molar-refractivity contribution in [2.75, 3.05) is 19.6 Å². The van der Waals surface area contributed by atoms with Gasteiger partial charge in [-0.2, -0.15) is 0 Å². The van der Waals surface area contributed by atoms with Crippen LogP contribution >= 0.6 is 0 Å². The molecule has 1 heterocycles. The number of carbonyl (C=O) groups excluding carboxylic acids is 2. The van der Waals surface area contributed by atoms with Crippen molar-refractivity contribution in [2.45, 2.75) is 45.6 Å². The highest BCUT2D eigenvalue weighted by Gasteiger charge is 2.25. The minimum absolute atomic E-state index is 0.0408. The molecule has 0 aromatic carbocycles. The zero-order valence-electron chi connectivity index (χ0n) is 11.5. The molecule has 104 valence electrons. The fourth-order valence-corrected chi connectivity index (χ4v) is 2.34. The van der Waals surface area contributed by atoms with Gasteiger partial charge in [-0.05, 0) is 25.7 Å². The Labute approximate surface area is 109 Å². The first kappa shape index (κ1) is 15.0. The highest BCUT2D eigenvalue weighted by atomic mass is 16.3. The van der Waals surface area contributed by atoms with Crippen molar-refractivity contribution in [3.05, 3.63) is 0 Å². The molecule has 1 saturated heterocycles. The normalized spacial score (nSPS) is 19.2. The summed E-state index contributed by atoms with van der Waals surface area (Å²) in [5.74, 6) is 0.213. The minimum Gasteiger partial charge on any atom is -0.388 e. The van der Waals surface area contributed by atoms with Crippen LogP contribution in [0.2, 0.25) is 0 Å². The van der Waals surface area contributed by atoms with Crippen LogP contribution in [0.4, 0.5) is 0 Å². The van der Waals surface area contributed by atoms with Crippen LogP contribution in [0.5, 0.6) is 0 Å². The number of nitrogens with zero attached hydrogens (tertiary/aromatic N) is 1. The quantitative estimate of drug-likeness (QED) is 0.728. The summed E-state index contributed by atoms with van der Waals surface area (Å²) in [6.07, 6.45) is 2.01. The third-order valence-corrected chi connectivity index (χ3v) is 3.02. The molecule has 0 aromatic heterocycles. The summed E-state index contributed by atoms with van der Waals surface area (Å²) in [6.45, 7) is 6.77. The second kappa shape index (κ2) is 6.18. The molecule has 1 atom stereocenters. The van der Waals surface area contributed by atoms with E-state index in [9.17, 15) is 14.7 Å². The van der Waals surface area contributed by atoms with Gasteiger partial charge in [-0.1, -0.05) is 13.8 Å². The van der Waals surface area contributed by atoms with Crippen LogP contribution in [0, 0.1) is 5.92 Å². The number of hydrogen-bond acceptors (Lipinski definition) is 3. The van der Waals surface area contributed by atoms with Crippen molar-refractivity contribution in [3.8, 4) is 0 Å². The van der Waals surface area contributed by atoms with E-state index in [1.165, 1.54) is 0 Å². The van der Waals surface area contributed by atoms with Crippen molar-refractivity contribution in [1.29, 1.82) is 0 Å². The molecule has 5 heteroatoms. The lowest BCUT2D eigenvalue weighted by molar-refractivity contribution is -0.133. The molecule has 0 aromatic rings. The molecular weight excluding hydrogens is 232 g/mol. The molecule has 2 amide bonds. The first-order valence-corrected chi connectivity index (χ1v) is 6.57. The van der Waals surface area contributed by atoms with Crippen LogP contribution in [0.1, 0.15) is 40.0 Å². The standard InChI is InChI=1S/C13H24N2O3/c1-10(2)7-13(3,18)9-14-11(16)8-15-6-4-5-12(15)17/h10,18H,4-9H2,1-3H3,(H,14,16). The van der Waals surface area contributed by atoms with Gasteiger partial charge < -0.3 is 15.3 Å². The number of aliphatic hydroxyl groups is 1. The van der Waals surface area contributed by atoms with E-state index in [2.05, 4.69) is 5.32 Å². The Bertz CT molecular complexity index is 313. The predicted molar refractivity (Wildman–Crippen MR) is 68.9 cm³/mol. The molecule has 1 unspecified atom stereocenters. The summed E-state index contributed by atoms with van der Waals surface area (Å²) in [4.78, 5) is 24.6. The number of rotatable bonds is 6. The van der Waals surface area contributed by atoms with E-state index in [1.54, 1.807) is 11.8 Å². The van der Waals surface area contributed by atoms with Gasteiger partial charge in [-0.3, -0.25) is 9.59 Å². The molecule has 18 heavy (non-hydrogen) atoms. The number of amides is 2. The maximum Gasteiger partial charge on any atom is 0.239 e.